The molecule has 19 heavy (non-hydrogen) atoms. The van der Waals surface area contributed by atoms with E-state index in [1.807, 2.05) is 31.2 Å². The predicted octanol–water partition coefficient (Wildman–Crippen LogP) is 1.91. The summed E-state index contributed by atoms with van der Waals surface area (Å²) in [5.74, 6) is -1.46. The van der Waals surface area contributed by atoms with Crippen molar-refractivity contribution in [1.29, 1.82) is 0 Å². The van der Waals surface area contributed by atoms with Crippen LogP contribution in [0.15, 0.2) is 24.3 Å². The highest BCUT2D eigenvalue weighted by molar-refractivity contribution is 6.02. The molecule has 0 heterocycles. The van der Waals surface area contributed by atoms with E-state index in [1.165, 1.54) is 6.92 Å². The Morgan fingerprint density at radius 3 is 2.37 bits per heavy atom. The molecule has 4 heteroatoms. The second-order valence-electron chi connectivity index (χ2n) is 5.55. The van der Waals surface area contributed by atoms with Gasteiger partial charge in [0.05, 0.1) is 0 Å². The highest BCUT2D eigenvalue weighted by Gasteiger charge is 2.43. The van der Waals surface area contributed by atoms with Crippen molar-refractivity contribution in [1.82, 2.24) is 5.32 Å². The molecule has 0 bridgehead atoms. The summed E-state index contributed by atoms with van der Waals surface area (Å²) in [4.78, 5) is 23.6. The Bertz CT molecular complexity index is 491. The number of aliphatic carboxylic acids is 1. The molecule has 1 saturated carbocycles. The topological polar surface area (TPSA) is 66.4 Å². The normalized spacial score (nSPS) is 17.6. The second-order valence-corrected chi connectivity index (χ2v) is 5.55. The number of carboxylic acids is 1. The van der Waals surface area contributed by atoms with Gasteiger partial charge in [-0.15, -0.1) is 0 Å². The smallest absolute Gasteiger partial charge is 0.319 e. The Kier molecular flexibility index (Phi) is 3.60. The Morgan fingerprint density at radius 2 is 1.89 bits per heavy atom. The molecular formula is C15H19NO3. The van der Waals surface area contributed by atoms with Crippen LogP contribution in [-0.4, -0.2) is 23.0 Å². The average molecular weight is 261 g/mol. The van der Waals surface area contributed by atoms with E-state index in [0.29, 0.717) is 0 Å². The zero-order valence-electron chi connectivity index (χ0n) is 11.3. The molecule has 1 aliphatic rings. The number of carboxylic acid groups (broad SMARTS) is 1. The second kappa shape index (κ2) is 5.03. The molecule has 0 aliphatic heterocycles. The largest absolute Gasteiger partial charge is 0.480 e. The number of nitrogens with one attached hydrogen (secondary N) is 1. The molecule has 1 aromatic carbocycles. The molecule has 2 rings (SSSR count). The van der Waals surface area contributed by atoms with Gasteiger partial charge in [0.2, 0.25) is 5.91 Å². The van der Waals surface area contributed by atoms with Crippen LogP contribution in [0, 0.1) is 12.3 Å². The van der Waals surface area contributed by atoms with Crippen molar-refractivity contribution in [3.8, 4) is 0 Å². The molecule has 4 nitrogen and oxygen atoms in total. The van der Waals surface area contributed by atoms with Gasteiger partial charge in [-0.1, -0.05) is 29.8 Å². The Labute approximate surface area is 112 Å². The SMILES string of the molecule is Cc1ccc(CC(C)(C(=O)O)C(=O)NC2CC2)cc1. The van der Waals surface area contributed by atoms with Gasteiger partial charge >= 0.3 is 5.97 Å². The van der Waals surface area contributed by atoms with Crippen molar-refractivity contribution >= 4 is 11.9 Å². The van der Waals surface area contributed by atoms with Crippen LogP contribution < -0.4 is 5.32 Å². The number of carbonyl (C=O) groups excluding carboxylic acids is 1. The minimum atomic E-state index is -1.40. The number of rotatable bonds is 5. The monoisotopic (exact) mass is 261 g/mol. The molecule has 1 aliphatic carbocycles. The molecule has 102 valence electrons. The summed E-state index contributed by atoms with van der Waals surface area (Å²) >= 11 is 0. The van der Waals surface area contributed by atoms with E-state index in [-0.39, 0.29) is 18.4 Å². The molecule has 2 N–H and O–H groups in total. The van der Waals surface area contributed by atoms with E-state index < -0.39 is 11.4 Å². The standard InChI is InChI=1S/C15H19NO3/c1-10-3-5-11(6-4-10)9-15(2,14(18)19)13(17)16-12-7-8-12/h3-6,12H,7-9H2,1-2H3,(H,16,17)(H,18,19). The Hall–Kier alpha value is -1.84. The maximum absolute atomic E-state index is 12.1. The maximum atomic E-state index is 12.1. The summed E-state index contributed by atoms with van der Waals surface area (Å²) in [6, 6.07) is 7.78. The fourth-order valence-electron chi connectivity index (χ4n) is 1.94. The lowest BCUT2D eigenvalue weighted by atomic mass is 9.82. The first-order chi connectivity index (χ1) is 8.91. The molecule has 1 atom stereocenters. The zero-order chi connectivity index (χ0) is 14.0. The van der Waals surface area contributed by atoms with Crippen LogP contribution in [-0.2, 0) is 16.0 Å². The number of benzene rings is 1. The summed E-state index contributed by atoms with van der Waals surface area (Å²) in [6.45, 7) is 3.47. The lowest BCUT2D eigenvalue weighted by Gasteiger charge is -2.24. The van der Waals surface area contributed by atoms with Gasteiger partial charge in [-0.3, -0.25) is 9.59 Å². The molecule has 0 saturated heterocycles. The zero-order valence-corrected chi connectivity index (χ0v) is 11.3. The van der Waals surface area contributed by atoms with Crippen molar-refractivity contribution in [2.45, 2.75) is 39.2 Å². The van der Waals surface area contributed by atoms with Crippen LogP contribution in [0.1, 0.15) is 30.9 Å². The molecule has 0 radical (unpaired) electrons. The first-order valence-electron chi connectivity index (χ1n) is 6.52. The molecule has 1 amide bonds. The maximum Gasteiger partial charge on any atom is 0.319 e. The lowest BCUT2D eigenvalue weighted by Crippen LogP contribution is -2.46. The summed E-state index contributed by atoms with van der Waals surface area (Å²) in [7, 11) is 0. The molecule has 1 unspecified atom stereocenters. The van der Waals surface area contributed by atoms with Gasteiger partial charge < -0.3 is 10.4 Å². The number of amides is 1. The fraction of sp³-hybridized carbons (Fsp3) is 0.467. The predicted molar refractivity (Wildman–Crippen MR) is 71.8 cm³/mol. The van der Waals surface area contributed by atoms with Crippen LogP contribution >= 0.6 is 0 Å². The average Bonchev–Trinajstić information content (AvgIpc) is 3.15. The first-order valence-corrected chi connectivity index (χ1v) is 6.52. The van der Waals surface area contributed by atoms with E-state index in [2.05, 4.69) is 5.32 Å². The highest BCUT2D eigenvalue weighted by Crippen LogP contribution is 2.27. The number of hydrogen-bond donors (Lipinski definition) is 2. The van der Waals surface area contributed by atoms with Crippen LogP contribution in [0.3, 0.4) is 0 Å². The van der Waals surface area contributed by atoms with Crippen LogP contribution in [0.5, 0.6) is 0 Å². The number of carbonyl (C=O) groups is 2. The van der Waals surface area contributed by atoms with Crippen LogP contribution in [0.25, 0.3) is 0 Å². The molecule has 1 fully saturated rings. The molecule has 0 spiro atoms. The van der Waals surface area contributed by atoms with Gasteiger partial charge in [-0.2, -0.15) is 0 Å². The minimum absolute atomic E-state index is 0.171. The summed E-state index contributed by atoms with van der Waals surface area (Å²) < 4.78 is 0. The molecular weight excluding hydrogens is 242 g/mol. The summed E-state index contributed by atoms with van der Waals surface area (Å²) in [5, 5.41) is 12.2. The minimum Gasteiger partial charge on any atom is -0.480 e. The van der Waals surface area contributed by atoms with E-state index >= 15 is 0 Å². The van der Waals surface area contributed by atoms with Crippen molar-refractivity contribution in [3.63, 3.8) is 0 Å². The highest BCUT2D eigenvalue weighted by atomic mass is 16.4. The van der Waals surface area contributed by atoms with Crippen molar-refractivity contribution < 1.29 is 14.7 Å². The van der Waals surface area contributed by atoms with Crippen molar-refractivity contribution in [2.75, 3.05) is 0 Å². The third-order valence-corrected chi connectivity index (χ3v) is 3.56. The van der Waals surface area contributed by atoms with Gasteiger partial charge in [0, 0.05) is 6.04 Å². The molecule has 1 aromatic rings. The van der Waals surface area contributed by atoms with Crippen molar-refractivity contribution in [3.05, 3.63) is 35.4 Å². The third kappa shape index (κ3) is 3.13. The number of hydrogen-bond acceptors (Lipinski definition) is 2. The Morgan fingerprint density at radius 1 is 1.32 bits per heavy atom. The third-order valence-electron chi connectivity index (χ3n) is 3.56. The lowest BCUT2D eigenvalue weighted by molar-refractivity contribution is -0.154. The summed E-state index contributed by atoms with van der Waals surface area (Å²) in [6.07, 6.45) is 2.11. The van der Waals surface area contributed by atoms with E-state index in [1.54, 1.807) is 0 Å². The first kappa shape index (κ1) is 13.6. The van der Waals surface area contributed by atoms with E-state index in [9.17, 15) is 14.7 Å². The van der Waals surface area contributed by atoms with Gasteiger partial charge in [0.1, 0.15) is 5.41 Å². The van der Waals surface area contributed by atoms with Gasteiger partial charge in [0.25, 0.3) is 0 Å². The molecule has 0 aromatic heterocycles. The fourth-order valence-corrected chi connectivity index (χ4v) is 1.94. The summed E-state index contributed by atoms with van der Waals surface area (Å²) in [5.41, 5.74) is 0.572. The van der Waals surface area contributed by atoms with Gasteiger partial charge in [0.15, 0.2) is 0 Å². The van der Waals surface area contributed by atoms with E-state index in [4.69, 9.17) is 0 Å². The van der Waals surface area contributed by atoms with Gasteiger partial charge in [-0.25, -0.2) is 0 Å². The van der Waals surface area contributed by atoms with Crippen molar-refractivity contribution in [2.24, 2.45) is 5.41 Å². The van der Waals surface area contributed by atoms with Crippen LogP contribution in [0.2, 0.25) is 0 Å². The van der Waals surface area contributed by atoms with E-state index in [0.717, 1.165) is 24.0 Å². The van der Waals surface area contributed by atoms with Crippen LogP contribution in [0.4, 0.5) is 0 Å². The Balaban J connectivity index is 2.15. The van der Waals surface area contributed by atoms with Gasteiger partial charge in [-0.05, 0) is 38.7 Å². The number of aryl methyl sites for hydroxylation is 1. The quantitative estimate of drug-likeness (QED) is 0.796.